The summed E-state index contributed by atoms with van der Waals surface area (Å²) < 4.78 is 39.1. The largest absolute Gasteiger partial charge is 0.217 e. The summed E-state index contributed by atoms with van der Waals surface area (Å²) in [4.78, 5) is 0. The zero-order valence-corrected chi connectivity index (χ0v) is 10.8. The monoisotopic (exact) mass is 257 g/mol. The van der Waals surface area contributed by atoms with E-state index in [-0.39, 0.29) is 12.4 Å². The summed E-state index contributed by atoms with van der Waals surface area (Å²) in [6.45, 7) is 3.51. The molecule has 5 heteroatoms. The first-order valence-electron chi connectivity index (χ1n) is 5.59. The molecule has 0 saturated heterocycles. The number of nitrogens with one attached hydrogen (secondary N) is 1. The van der Waals surface area contributed by atoms with E-state index in [4.69, 9.17) is 0 Å². The molecule has 1 aromatic rings. The van der Waals surface area contributed by atoms with Crippen LogP contribution in [0.5, 0.6) is 0 Å². The van der Waals surface area contributed by atoms with E-state index in [2.05, 4.69) is 4.72 Å². The molecule has 1 fully saturated rings. The van der Waals surface area contributed by atoms with Gasteiger partial charge in [-0.15, -0.1) is 0 Å². The molecule has 0 heterocycles. The van der Waals surface area contributed by atoms with E-state index in [1.807, 2.05) is 0 Å². The summed E-state index contributed by atoms with van der Waals surface area (Å²) in [6.07, 6.45) is 1.36. The first-order chi connectivity index (χ1) is 7.86. The highest BCUT2D eigenvalue weighted by Gasteiger charge is 2.49. The van der Waals surface area contributed by atoms with E-state index >= 15 is 0 Å². The van der Waals surface area contributed by atoms with Gasteiger partial charge in [0.2, 0.25) is 10.0 Å². The van der Waals surface area contributed by atoms with Crippen molar-refractivity contribution in [2.75, 3.05) is 0 Å². The van der Waals surface area contributed by atoms with E-state index in [9.17, 15) is 12.8 Å². The number of benzene rings is 1. The molecule has 0 radical (unpaired) electrons. The Bertz CT molecular complexity index is 515. The fraction of sp³-hybridized carbons (Fsp3) is 0.500. The number of hydrogen-bond acceptors (Lipinski definition) is 2. The minimum atomic E-state index is -3.34. The second-order valence-electron chi connectivity index (χ2n) is 4.81. The quantitative estimate of drug-likeness (QED) is 0.898. The summed E-state index contributed by atoms with van der Waals surface area (Å²) >= 11 is 0. The van der Waals surface area contributed by atoms with Crippen molar-refractivity contribution in [1.82, 2.24) is 4.72 Å². The van der Waals surface area contributed by atoms with Gasteiger partial charge in [-0.25, -0.2) is 17.5 Å². The first kappa shape index (κ1) is 12.5. The van der Waals surface area contributed by atoms with Crippen LogP contribution in [-0.2, 0) is 16.6 Å². The topological polar surface area (TPSA) is 46.2 Å². The third-order valence-corrected chi connectivity index (χ3v) is 5.63. The second kappa shape index (κ2) is 4.07. The highest BCUT2D eigenvalue weighted by atomic mass is 32.2. The fourth-order valence-corrected chi connectivity index (χ4v) is 3.00. The molecule has 1 aliphatic rings. The molecule has 0 bridgehead atoms. The van der Waals surface area contributed by atoms with Gasteiger partial charge in [0.1, 0.15) is 5.82 Å². The normalized spacial score (nSPS) is 18.1. The molecule has 3 nitrogen and oxygen atoms in total. The Kier molecular flexibility index (Phi) is 2.99. The van der Waals surface area contributed by atoms with Crippen molar-refractivity contribution >= 4 is 10.0 Å². The Morgan fingerprint density at radius 1 is 1.41 bits per heavy atom. The molecule has 1 saturated carbocycles. The number of aryl methyl sites for hydroxylation is 1. The van der Waals surface area contributed by atoms with Crippen molar-refractivity contribution < 1.29 is 12.8 Å². The van der Waals surface area contributed by atoms with Gasteiger partial charge in [0.25, 0.3) is 0 Å². The van der Waals surface area contributed by atoms with Gasteiger partial charge in [0.15, 0.2) is 0 Å². The maximum Gasteiger partial charge on any atom is 0.217 e. The lowest BCUT2D eigenvalue weighted by Gasteiger charge is -2.13. The van der Waals surface area contributed by atoms with Crippen molar-refractivity contribution in [3.63, 3.8) is 0 Å². The van der Waals surface area contributed by atoms with Crippen LogP contribution in [0.15, 0.2) is 18.2 Å². The summed E-state index contributed by atoms with van der Waals surface area (Å²) in [5.74, 6) is -0.367. The zero-order valence-electron chi connectivity index (χ0n) is 9.96. The van der Waals surface area contributed by atoms with Gasteiger partial charge < -0.3 is 0 Å². The molecular formula is C12H16FNO2S. The van der Waals surface area contributed by atoms with Gasteiger partial charge in [-0.05, 0) is 38.3 Å². The van der Waals surface area contributed by atoms with Gasteiger partial charge in [-0.2, -0.15) is 0 Å². The molecule has 0 aromatic heterocycles. The minimum absolute atomic E-state index is 0.0242. The maximum absolute atomic E-state index is 13.5. The molecule has 0 atom stereocenters. The summed E-state index contributed by atoms with van der Waals surface area (Å²) in [5.41, 5.74) is 1.17. The molecule has 0 aliphatic heterocycles. The second-order valence-corrected chi connectivity index (χ2v) is 7.09. The lowest BCUT2D eigenvalue weighted by Crippen LogP contribution is -2.33. The molecule has 1 N–H and O–H groups in total. The summed E-state index contributed by atoms with van der Waals surface area (Å²) in [6, 6.07) is 4.73. The van der Waals surface area contributed by atoms with Gasteiger partial charge >= 0.3 is 0 Å². The Hall–Kier alpha value is -0.940. The lowest BCUT2D eigenvalue weighted by molar-refractivity contribution is 0.561. The van der Waals surface area contributed by atoms with E-state index in [1.165, 1.54) is 6.07 Å². The van der Waals surface area contributed by atoms with Gasteiger partial charge in [0.05, 0.1) is 4.75 Å². The van der Waals surface area contributed by atoms with Crippen molar-refractivity contribution in [3.05, 3.63) is 35.1 Å². The van der Waals surface area contributed by atoms with Crippen LogP contribution in [0.1, 0.15) is 30.9 Å². The smallest absolute Gasteiger partial charge is 0.212 e. The van der Waals surface area contributed by atoms with Crippen LogP contribution < -0.4 is 4.72 Å². The zero-order chi connectivity index (χ0) is 12.7. The molecule has 1 aromatic carbocycles. The molecular weight excluding hydrogens is 241 g/mol. The predicted molar refractivity (Wildman–Crippen MR) is 64.5 cm³/mol. The van der Waals surface area contributed by atoms with Crippen molar-refractivity contribution in [2.24, 2.45) is 0 Å². The third-order valence-electron chi connectivity index (χ3n) is 3.39. The number of halogens is 1. The van der Waals surface area contributed by atoms with Crippen LogP contribution in [0.4, 0.5) is 4.39 Å². The number of rotatable bonds is 4. The SMILES string of the molecule is Cc1cccc(F)c1CNS(=O)(=O)C1(C)CC1. The third kappa shape index (κ3) is 2.35. The maximum atomic E-state index is 13.5. The van der Waals surface area contributed by atoms with Gasteiger partial charge in [0, 0.05) is 12.1 Å². The Labute approximate surface area is 101 Å². The molecule has 0 amide bonds. The van der Waals surface area contributed by atoms with Crippen LogP contribution in [0.3, 0.4) is 0 Å². The van der Waals surface area contributed by atoms with Crippen LogP contribution in [-0.4, -0.2) is 13.2 Å². The Balaban J connectivity index is 2.13. The average molecular weight is 257 g/mol. The first-order valence-corrected chi connectivity index (χ1v) is 7.07. The molecule has 2 rings (SSSR count). The summed E-state index contributed by atoms with van der Waals surface area (Å²) in [5, 5.41) is 0. The van der Waals surface area contributed by atoms with Crippen molar-refractivity contribution in [3.8, 4) is 0 Å². The molecule has 1 aliphatic carbocycles. The molecule has 94 valence electrons. The van der Waals surface area contributed by atoms with E-state index in [0.29, 0.717) is 18.4 Å². The Morgan fingerprint density at radius 2 is 2.06 bits per heavy atom. The van der Waals surface area contributed by atoms with Gasteiger partial charge in [-0.1, -0.05) is 12.1 Å². The van der Waals surface area contributed by atoms with E-state index in [1.54, 1.807) is 26.0 Å². The average Bonchev–Trinajstić information content (AvgIpc) is 2.97. The number of hydrogen-bond donors (Lipinski definition) is 1. The Morgan fingerprint density at radius 3 is 2.59 bits per heavy atom. The van der Waals surface area contributed by atoms with E-state index in [0.717, 1.165) is 5.56 Å². The van der Waals surface area contributed by atoms with Crippen LogP contribution in [0, 0.1) is 12.7 Å². The van der Waals surface area contributed by atoms with Crippen LogP contribution in [0.2, 0.25) is 0 Å². The van der Waals surface area contributed by atoms with Gasteiger partial charge in [-0.3, -0.25) is 0 Å². The highest BCUT2D eigenvalue weighted by molar-refractivity contribution is 7.91. The molecule has 17 heavy (non-hydrogen) atoms. The lowest BCUT2D eigenvalue weighted by atomic mass is 10.1. The fourth-order valence-electron chi connectivity index (χ4n) is 1.68. The van der Waals surface area contributed by atoms with Crippen molar-refractivity contribution in [1.29, 1.82) is 0 Å². The molecule has 0 unspecified atom stereocenters. The predicted octanol–water partition coefficient (Wildman–Crippen LogP) is 2.11. The van der Waals surface area contributed by atoms with Crippen LogP contribution in [0.25, 0.3) is 0 Å². The van der Waals surface area contributed by atoms with Crippen molar-refractivity contribution in [2.45, 2.75) is 38.0 Å². The standard InChI is InChI=1S/C12H16FNO2S/c1-9-4-3-5-11(13)10(9)8-14-17(15,16)12(2)6-7-12/h3-5,14H,6-8H2,1-2H3. The minimum Gasteiger partial charge on any atom is -0.212 e. The summed E-state index contributed by atoms with van der Waals surface area (Å²) in [7, 11) is -3.34. The molecule has 0 spiro atoms. The highest BCUT2D eigenvalue weighted by Crippen LogP contribution is 2.42. The number of sulfonamides is 1. The van der Waals surface area contributed by atoms with Crippen LogP contribution >= 0.6 is 0 Å². The van der Waals surface area contributed by atoms with E-state index < -0.39 is 14.8 Å².